The van der Waals surface area contributed by atoms with Crippen molar-refractivity contribution >= 4 is 24.0 Å². The average molecular weight is 501 g/mol. The van der Waals surface area contributed by atoms with Crippen LogP contribution in [0.4, 0.5) is 0 Å². The molecule has 1 aliphatic rings. The van der Waals surface area contributed by atoms with Gasteiger partial charge in [-0.3, -0.25) is 14.6 Å². The van der Waals surface area contributed by atoms with Crippen molar-refractivity contribution in [1.82, 2.24) is 19.8 Å². The zero-order chi connectivity index (χ0) is 26.4. The Hall–Kier alpha value is -4.04. The van der Waals surface area contributed by atoms with Crippen molar-refractivity contribution in [3.8, 4) is 5.88 Å². The van der Waals surface area contributed by atoms with E-state index in [1.165, 1.54) is 6.20 Å². The van der Waals surface area contributed by atoms with Gasteiger partial charge in [-0.1, -0.05) is 49.4 Å². The third-order valence-electron chi connectivity index (χ3n) is 6.52. The maximum absolute atomic E-state index is 13.6. The zero-order valence-corrected chi connectivity index (χ0v) is 21.3. The van der Waals surface area contributed by atoms with Crippen LogP contribution >= 0.6 is 0 Å². The Balaban J connectivity index is 1.64. The van der Waals surface area contributed by atoms with Crippen molar-refractivity contribution < 1.29 is 19.4 Å². The number of amides is 2. The molecule has 37 heavy (non-hydrogen) atoms. The quantitative estimate of drug-likeness (QED) is 0.532. The zero-order valence-electron chi connectivity index (χ0n) is 21.3. The van der Waals surface area contributed by atoms with Gasteiger partial charge in [0.2, 0.25) is 5.88 Å². The molecule has 4 rings (SSSR count). The van der Waals surface area contributed by atoms with E-state index in [0.717, 1.165) is 11.1 Å². The predicted octanol–water partition coefficient (Wildman–Crippen LogP) is 3.64. The number of aromatic nitrogens is 2. The van der Waals surface area contributed by atoms with Crippen LogP contribution in [-0.2, 0) is 0 Å². The van der Waals surface area contributed by atoms with Crippen LogP contribution in [0, 0.1) is 5.92 Å². The second kappa shape index (κ2) is 11.8. The lowest BCUT2D eigenvalue weighted by Gasteiger charge is -2.37. The van der Waals surface area contributed by atoms with Gasteiger partial charge in [-0.05, 0) is 36.2 Å². The van der Waals surface area contributed by atoms with Gasteiger partial charge < -0.3 is 19.6 Å². The highest BCUT2D eigenvalue weighted by molar-refractivity contribution is 5.97. The molecule has 3 aromatic rings. The smallest absolute Gasteiger partial charge is 0.259 e. The van der Waals surface area contributed by atoms with E-state index in [0.29, 0.717) is 24.2 Å². The number of benzene rings is 1. The molecule has 2 aromatic heterocycles. The third kappa shape index (κ3) is 6.21. The van der Waals surface area contributed by atoms with E-state index < -0.39 is 6.10 Å². The number of aliphatic hydroxyl groups is 1. The van der Waals surface area contributed by atoms with Crippen molar-refractivity contribution in [2.24, 2.45) is 5.92 Å². The maximum atomic E-state index is 13.6. The lowest BCUT2D eigenvalue weighted by Crippen LogP contribution is -2.50. The summed E-state index contributed by atoms with van der Waals surface area (Å²) in [6.45, 7) is 4.27. The summed E-state index contributed by atoms with van der Waals surface area (Å²) in [5, 5.41) is 9.87. The van der Waals surface area contributed by atoms with Crippen molar-refractivity contribution in [3.05, 3.63) is 89.4 Å². The van der Waals surface area contributed by atoms with Crippen LogP contribution in [0.1, 0.15) is 45.7 Å². The molecule has 3 atom stereocenters. The fourth-order valence-electron chi connectivity index (χ4n) is 4.25. The molecule has 192 valence electrons. The highest BCUT2D eigenvalue weighted by atomic mass is 16.5. The molecular weight excluding hydrogens is 468 g/mol. The van der Waals surface area contributed by atoms with E-state index in [1.54, 1.807) is 47.4 Å². The first-order valence-electron chi connectivity index (χ1n) is 12.3. The lowest BCUT2D eigenvalue weighted by atomic mass is 9.99. The first-order chi connectivity index (χ1) is 17.9. The maximum Gasteiger partial charge on any atom is 0.259 e. The molecular formula is C29H32N4O4. The van der Waals surface area contributed by atoms with Gasteiger partial charge in [0.15, 0.2) is 0 Å². The lowest BCUT2D eigenvalue weighted by molar-refractivity contribution is 0.0313. The van der Waals surface area contributed by atoms with Crippen molar-refractivity contribution in [3.63, 3.8) is 0 Å². The highest BCUT2D eigenvalue weighted by Crippen LogP contribution is 2.28. The summed E-state index contributed by atoms with van der Waals surface area (Å²) < 4.78 is 6.30. The second-order valence-corrected chi connectivity index (χ2v) is 9.42. The van der Waals surface area contributed by atoms with Gasteiger partial charge in [0.05, 0.1) is 24.8 Å². The van der Waals surface area contributed by atoms with Crippen LogP contribution in [0.15, 0.2) is 67.1 Å². The normalized spacial score (nSPS) is 18.5. The van der Waals surface area contributed by atoms with Gasteiger partial charge in [-0.2, -0.15) is 0 Å². The molecule has 0 spiro atoms. The van der Waals surface area contributed by atoms with Gasteiger partial charge >= 0.3 is 0 Å². The number of rotatable bonds is 7. The Kier molecular flexibility index (Phi) is 8.30. The van der Waals surface area contributed by atoms with Gasteiger partial charge in [0.25, 0.3) is 11.8 Å². The topological polar surface area (TPSA) is 95.9 Å². The number of aliphatic hydroxyl groups excluding tert-OH is 1. The minimum Gasteiger partial charge on any atom is -0.472 e. The fraction of sp³-hybridized carbons (Fsp3) is 0.310. The Morgan fingerprint density at radius 2 is 1.95 bits per heavy atom. The summed E-state index contributed by atoms with van der Waals surface area (Å²) in [6.07, 6.45) is 8.25. The molecule has 8 nitrogen and oxygen atoms in total. The fourth-order valence-corrected chi connectivity index (χ4v) is 4.25. The monoisotopic (exact) mass is 500 g/mol. The van der Waals surface area contributed by atoms with Crippen LogP contribution in [-0.4, -0.2) is 75.6 Å². The van der Waals surface area contributed by atoms with Crippen LogP contribution in [0.5, 0.6) is 5.88 Å². The van der Waals surface area contributed by atoms with Crippen LogP contribution in [0.25, 0.3) is 12.2 Å². The minimum atomic E-state index is -0.427. The van der Waals surface area contributed by atoms with Crippen LogP contribution in [0.3, 0.4) is 0 Å². The summed E-state index contributed by atoms with van der Waals surface area (Å²) in [5.74, 6) is -0.327. The Bertz CT molecular complexity index is 1250. The number of nitrogens with zero attached hydrogens (tertiary/aromatic N) is 4. The molecule has 2 amide bonds. The molecule has 0 fully saturated rings. The van der Waals surface area contributed by atoms with E-state index in [2.05, 4.69) is 9.97 Å². The number of hydrogen-bond donors (Lipinski definition) is 1. The number of likely N-dealkylation sites (N-methyl/N-ethyl adjacent to an activating group) is 1. The van der Waals surface area contributed by atoms with E-state index in [9.17, 15) is 14.7 Å². The largest absolute Gasteiger partial charge is 0.472 e. The van der Waals surface area contributed by atoms with E-state index in [4.69, 9.17) is 4.74 Å². The van der Waals surface area contributed by atoms with E-state index in [-0.39, 0.29) is 36.3 Å². The average Bonchev–Trinajstić information content (AvgIpc) is 2.94. The molecule has 1 N–H and O–H groups in total. The first-order valence-corrected chi connectivity index (χ1v) is 12.3. The number of ether oxygens (including phenoxy) is 1. The second-order valence-electron chi connectivity index (χ2n) is 9.42. The molecule has 1 aromatic carbocycles. The summed E-state index contributed by atoms with van der Waals surface area (Å²) >= 11 is 0. The van der Waals surface area contributed by atoms with Crippen molar-refractivity contribution in [1.29, 1.82) is 0 Å². The number of hydrogen-bond acceptors (Lipinski definition) is 6. The SMILES string of the molecule is C[C@@H]1CN([C@@H](C)CO)C(=O)c2cc(/C=C/c3ccccc3)cnc2O[C@@H]1CN(C)C(=O)c1cccnc1. The molecule has 0 bridgehead atoms. The minimum absolute atomic E-state index is 0.130. The van der Waals surface area contributed by atoms with Crippen LogP contribution in [0.2, 0.25) is 0 Å². The molecule has 0 radical (unpaired) electrons. The van der Waals surface area contributed by atoms with E-state index >= 15 is 0 Å². The molecule has 3 heterocycles. The summed E-state index contributed by atoms with van der Waals surface area (Å²) in [7, 11) is 1.72. The van der Waals surface area contributed by atoms with Gasteiger partial charge in [-0.25, -0.2) is 4.98 Å². The Labute approximate surface area is 217 Å². The Morgan fingerprint density at radius 1 is 1.19 bits per heavy atom. The summed E-state index contributed by atoms with van der Waals surface area (Å²) in [5.41, 5.74) is 2.60. The molecule has 0 saturated heterocycles. The van der Waals surface area contributed by atoms with Gasteiger partial charge in [0, 0.05) is 38.1 Å². The highest BCUT2D eigenvalue weighted by Gasteiger charge is 2.34. The molecule has 1 aliphatic heterocycles. The van der Waals surface area contributed by atoms with E-state index in [1.807, 2.05) is 56.3 Å². The predicted molar refractivity (Wildman–Crippen MR) is 142 cm³/mol. The van der Waals surface area contributed by atoms with Crippen molar-refractivity contribution in [2.45, 2.75) is 26.0 Å². The molecule has 8 heteroatoms. The molecule has 0 unspecified atom stereocenters. The van der Waals surface area contributed by atoms with Crippen molar-refractivity contribution in [2.75, 3.05) is 26.7 Å². The standard InChI is InChI=1S/C29H32N4O4/c1-20-17-33(21(2)19-34)29(36)25-14-23(12-11-22-8-5-4-6-9-22)15-31-27(25)37-26(20)18-32(3)28(35)24-10-7-13-30-16-24/h4-16,20-21,26,34H,17-19H2,1-3H3/b12-11+/t20-,21+,26-/m1/s1. The summed E-state index contributed by atoms with van der Waals surface area (Å²) in [6, 6.07) is 14.7. The molecule has 0 saturated carbocycles. The number of carbonyl (C=O) groups excluding carboxylic acids is 2. The first kappa shape index (κ1) is 26.0. The molecule has 0 aliphatic carbocycles. The summed E-state index contributed by atoms with van der Waals surface area (Å²) in [4.78, 5) is 38.3. The Morgan fingerprint density at radius 3 is 2.65 bits per heavy atom. The van der Waals surface area contributed by atoms with Crippen LogP contribution < -0.4 is 4.74 Å². The number of fused-ring (bicyclic) bond motifs is 1. The number of carbonyl (C=O) groups is 2. The third-order valence-corrected chi connectivity index (χ3v) is 6.52. The van der Waals surface area contributed by atoms with Gasteiger partial charge in [-0.15, -0.1) is 0 Å². The number of pyridine rings is 2. The van der Waals surface area contributed by atoms with Gasteiger partial charge in [0.1, 0.15) is 11.7 Å².